The van der Waals surface area contributed by atoms with Crippen LogP contribution < -0.4 is 0 Å². The largest absolute Gasteiger partial charge is 0.466 e. The van der Waals surface area contributed by atoms with Crippen molar-refractivity contribution >= 4 is 7.82 Å². The Balaban J connectivity index is -0.0000000800. The summed E-state index contributed by atoms with van der Waals surface area (Å²) in [7, 11) is -4.64. The van der Waals surface area contributed by atoms with Crippen molar-refractivity contribution in [2.24, 2.45) is 0 Å². The molecule has 0 heterocycles. The molecule has 0 aliphatic rings. The molecule has 0 aliphatic heterocycles. The molecule has 0 aromatic heterocycles. The summed E-state index contributed by atoms with van der Waals surface area (Å²) in [5.41, 5.74) is 0. The smallest absolute Gasteiger partial charge is 0.303 e. The minimum atomic E-state index is -4.64. The monoisotopic (exact) mass is 209 g/mol. The van der Waals surface area contributed by atoms with E-state index in [-0.39, 0.29) is 34.1 Å². The molecule has 0 bridgehead atoms. The second kappa shape index (κ2) is 5.29. The van der Waals surface area contributed by atoms with Crippen LogP contribution in [0.3, 0.4) is 0 Å². The molecule has 7 heavy (non-hydrogen) atoms. The Morgan fingerprint density at radius 2 is 1.14 bits per heavy atom. The maximum absolute atomic E-state index is 8.88. The number of hydrogen-bond acceptors (Lipinski definition) is 1. The molecular weight excluding hydrogens is 206 g/mol. The van der Waals surface area contributed by atoms with Gasteiger partial charge in [-0.15, -0.1) is 0 Å². The molecule has 0 saturated carbocycles. The second-order valence-corrected chi connectivity index (χ2v) is 1.54. The first-order chi connectivity index (χ1) is 2.00. The van der Waals surface area contributed by atoms with Gasteiger partial charge in [0.05, 0.1) is 0 Å². The van der Waals surface area contributed by atoms with Gasteiger partial charge in [-0.25, -0.2) is 4.57 Å². The van der Waals surface area contributed by atoms with Gasteiger partial charge in [-0.1, -0.05) is 0 Å². The SMILES string of the molecule is O=P(O)(O)O.[Fe].[Mn]. The Hall–Kier alpha value is 1.15. The van der Waals surface area contributed by atoms with Crippen molar-refractivity contribution in [1.29, 1.82) is 0 Å². The molecule has 1 radical (unpaired) electrons. The first-order valence-corrected chi connectivity index (χ1v) is 2.35. The fourth-order valence-corrected chi connectivity index (χ4v) is 0. The minimum Gasteiger partial charge on any atom is -0.303 e. The van der Waals surface area contributed by atoms with Crippen LogP contribution in [-0.2, 0) is 38.7 Å². The molecule has 47 valence electrons. The molecule has 0 spiro atoms. The topological polar surface area (TPSA) is 77.8 Å². The van der Waals surface area contributed by atoms with Gasteiger partial charge in [0, 0.05) is 34.1 Å². The molecule has 4 nitrogen and oxygen atoms in total. The average Bonchev–Trinajstić information content (AvgIpc) is 0.722. The van der Waals surface area contributed by atoms with E-state index >= 15 is 0 Å². The van der Waals surface area contributed by atoms with Gasteiger partial charge in [0.15, 0.2) is 0 Å². The van der Waals surface area contributed by atoms with Crippen molar-refractivity contribution in [2.45, 2.75) is 0 Å². The molecule has 0 rings (SSSR count). The summed E-state index contributed by atoms with van der Waals surface area (Å²) < 4.78 is 8.88. The summed E-state index contributed by atoms with van der Waals surface area (Å²) in [5.74, 6) is 0. The van der Waals surface area contributed by atoms with E-state index in [2.05, 4.69) is 0 Å². The van der Waals surface area contributed by atoms with E-state index in [1.807, 2.05) is 0 Å². The Morgan fingerprint density at radius 3 is 1.14 bits per heavy atom. The number of rotatable bonds is 0. The fraction of sp³-hybridized carbons (Fsp3) is 0. The van der Waals surface area contributed by atoms with Crippen LogP contribution in [0.15, 0.2) is 0 Å². The van der Waals surface area contributed by atoms with Gasteiger partial charge >= 0.3 is 7.82 Å². The molecule has 3 N–H and O–H groups in total. The summed E-state index contributed by atoms with van der Waals surface area (Å²) in [5, 5.41) is 0. The first-order valence-electron chi connectivity index (χ1n) is 0.783. The van der Waals surface area contributed by atoms with Crippen LogP contribution in [0.4, 0.5) is 0 Å². The van der Waals surface area contributed by atoms with Crippen LogP contribution in [-0.4, -0.2) is 14.7 Å². The predicted molar refractivity (Wildman–Crippen MR) is 14.3 cm³/mol. The van der Waals surface area contributed by atoms with E-state index in [0.29, 0.717) is 0 Å². The minimum absolute atomic E-state index is 0. The molecule has 0 aromatic rings. The van der Waals surface area contributed by atoms with E-state index < -0.39 is 7.82 Å². The standard InChI is InChI=1S/Fe.Mn.H3O4P/c;;1-5(2,3)4/h;;(H3,1,2,3,4). The zero-order valence-electron chi connectivity index (χ0n) is 2.93. The van der Waals surface area contributed by atoms with Crippen LogP contribution in [0.1, 0.15) is 0 Å². The molecule has 0 aliphatic carbocycles. The maximum Gasteiger partial charge on any atom is 0.466 e. The summed E-state index contributed by atoms with van der Waals surface area (Å²) in [6.07, 6.45) is 0. The van der Waals surface area contributed by atoms with E-state index in [4.69, 9.17) is 19.2 Å². The number of hydrogen-bond donors (Lipinski definition) is 3. The van der Waals surface area contributed by atoms with Crippen LogP contribution in [0.5, 0.6) is 0 Å². The third-order valence-electron chi connectivity index (χ3n) is 0. The Labute approximate surface area is 61.5 Å². The Bertz CT molecular complexity index is 57.8. The van der Waals surface area contributed by atoms with Gasteiger partial charge in [-0.05, 0) is 0 Å². The molecule has 0 saturated heterocycles. The van der Waals surface area contributed by atoms with E-state index in [1.165, 1.54) is 0 Å². The van der Waals surface area contributed by atoms with Gasteiger partial charge in [-0.3, -0.25) is 0 Å². The van der Waals surface area contributed by atoms with Crippen molar-refractivity contribution in [2.75, 3.05) is 0 Å². The van der Waals surface area contributed by atoms with Crippen molar-refractivity contribution in [3.8, 4) is 0 Å². The summed E-state index contributed by atoms with van der Waals surface area (Å²) in [4.78, 5) is 21.6. The van der Waals surface area contributed by atoms with Gasteiger partial charge in [-0.2, -0.15) is 0 Å². The van der Waals surface area contributed by atoms with Crippen molar-refractivity contribution in [3.05, 3.63) is 0 Å². The summed E-state index contributed by atoms with van der Waals surface area (Å²) >= 11 is 0. The molecule has 7 heteroatoms. The van der Waals surface area contributed by atoms with Gasteiger partial charge < -0.3 is 14.7 Å². The van der Waals surface area contributed by atoms with Gasteiger partial charge in [0.1, 0.15) is 0 Å². The Kier molecular flexibility index (Phi) is 11.9. The van der Waals surface area contributed by atoms with Crippen LogP contribution in [0.25, 0.3) is 0 Å². The molecule has 0 amide bonds. The van der Waals surface area contributed by atoms with Crippen molar-refractivity contribution < 1.29 is 53.4 Å². The predicted octanol–water partition coefficient (Wildman–Crippen LogP) is -0.934. The normalized spacial score (nSPS) is 8.43. The quantitative estimate of drug-likeness (QED) is 0.355. The van der Waals surface area contributed by atoms with Gasteiger partial charge in [0.25, 0.3) is 0 Å². The third-order valence-corrected chi connectivity index (χ3v) is 0. The van der Waals surface area contributed by atoms with Crippen LogP contribution >= 0.6 is 7.82 Å². The third kappa shape index (κ3) is 144. The molecule has 0 atom stereocenters. The zero-order valence-corrected chi connectivity index (χ0v) is 6.11. The maximum atomic E-state index is 8.88. The van der Waals surface area contributed by atoms with Crippen molar-refractivity contribution in [3.63, 3.8) is 0 Å². The van der Waals surface area contributed by atoms with Gasteiger partial charge in [0.2, 0.25) is 0 Å². The first kappa shape index (κ1) is 15.7. The fourth-order valence-electron chi connectivity index (χ4n) is 0. The van der Waals surface area contributed by atoms with E-state index in [9.17, 15) is 0 Å². The number of phosphoric acid groups is 1. The van der Waals surface area contributed by atoms with E-state index in [0.717, 1.165) is 0 Å². The van der Waals surface area contributed by atoms with Crippen LogP contribution in [0, 0.1) is 0 Å². The summed E-state index contributed by atoms with van der Waals surface area (Å²) in [6.45, 7) is 0. The zero-order chi connectivity index (χ0) is 4.50. The molecular formula is H3FeMnO4P. The van der Waals surface area contributed by atoms with Crippen LogP contribution in [0.2, 0.25) is 0 Å². The van der Waals surface area contributed by atoms with Crippen molar-refractivity contribution in [1.82, 2.24) is 0 Å². The molecule has 0 unspecified atom stereocenters. The second-order valence-electron chi connectivity index (χ2n) is 0.513. The Morgan fingerprint density at radius 1 is 1.14 bits per heavy atom. The van der Waals surface area contributed by atoms with E-state index in [1.54, 1.807) is 0 Å². The average molecular weight is 209 g/mol. The molecule has 0 aromatic carbocycles. The molecule has 0 fully saturated rings. The summed E-state index contributed by atoms with van der Waals surface area (Å²) in [6, 6.07) is 0.